The number of nitrogens with zero attached hydrogens (tertiary/aromatic N) is 2. The van der Waals surface area contributed by atoms with Gasteiger partial charge in [-0.15, -0.1) is 5.10 Å². The van der Waals surface area contributed by atoms with Crippen LogP contribution in [0, 0.1) is 0 Å². The van der Waals surface area contributed by atoms with Gasteiger partial charge in [-0.2, -0.15) is 5.10 Å². The number of halogens is 1. The third-order valence-corrected chi connectivity index (χ3v) is 4.35. The highest BCUT2D eigenvalue weighted by atomic mass is 79.9. The molecule has 1 fully saturated rings. The zero-order chi connectivity index (χ0) is 13.9. The molecule has 1 heterocycles. The maximum Gasteiger partial charge on any atom is 0.236 e. The van der Waals surface area contributed by atoms with Crippen LogP contribution in [0.4, 0.5) is 0 Å². The smallest absolute Gasteiger partial charge is 0.236 e. The van der Waals surface area contributed by atoms with Crippen LogP contribution >= 0.6 is 27.7 Å². The summed E-state index contributed by atoms with van der Waals surface area (Å²) in [7, 11) is 0. The molecule has 1 saturated heterocycles. The average molecular weight is 348 g/mol. The average Bonchev–Trinajstić information content (AvgIpc) is 2.85. The van der Waals surface area contributed by atoms with Crippen molar-refractivity contribution in [1.29, 1.82) is 0 Å². The molecule has 0 aliphatic carbocycles. The van der Waals surface area contributed by atoms with Crippen molar-refractivity contribution in [2.45, 2.75) is 0 Å². The summed E-state index contributed by atoms with van der Waals surface area (Å²) in [6, 6.07) is 12.1. The largest absolute Gasteiger partial charge is 0.303 e. The molecular formula is C14H10BrN3OS. The van der Waals surface area contributed by atoms with Gasteiger partial charge in [0.25, 0.3) is 0 Å². The fourth-order valence-corrected chi connectivity index (χ4v) is 2.99. The predicted octanol–water partition coefficient (Wildman–Crippen LogP) is 3.16. The van der Waals surface area contributed by atoms with E-state index in [-0.39, 0.29) is 5.91 Å². The molecule has 0 saturated carbocycles. The number of rotatable bonds is 2. The lowest BCUT2D eigenvalue weighted by molar-refractivity contribution is -0.116. The van der Waals surface area contributed by atoms with Crippen LogP contribution in [0.2, 0.25) is 0 Å². The molecule has 2 aromatic carbocycles. The van der Waals surface area contributed by atoms with E-state index in [4.69, 9.17) is 0 Å². The van der Waals surface area contributed by atoms with Gasteiger partial charge in [0, 0.05) is 4.47 Å². The van der Waals surface area contributed by atoms with E-state index >= 15 is 0 Å². The first-order valence-corrected chi connectivity index (χ1v) is 7.72. The Labute approximate surface area is 128 Å². The number of carbonyl (C=O) groups excluding carboxylic acids is 1. The molecule has 0 unspecified atom stereocenters. The van der Waals surface area contributed by atoms with Crippen molar-refractivity contribution in [2.75, 3.05) is 5.75 Å². The second kappa shape index (κ2) is 5.76. The standard InChI is InChI=1S/C14H10BrN3OS/c15-12-3-1-2-10-5-4-9(6-11(10)12)7-16-18-14-17-13(19)8-20-14/h1-7H,8H2,(H,17,18,19). The Bertz CT molecular complexity index is 742. The van der Waals surface area contributed by atoms with Gasteiger partial charge in [-0.05, 0) is 28.5 Å². The zero-order valence-electron chi connectivity index (χ0n) is 10.3. The molecule has 1 N–H and O–H groups in total. The van der Waals surface area contributed by atoms with Gasteiger partial charge in [0.15, 0.2) is 5.17 Å². The number of benzene rings is 2. The maximum absolute atomic E-state index is 11.0. The molecule has 1 aliphatic rings. The minimum Gasteiger partial charge on any atom is -0.303 e. The highest BCUT2D eigenvalue weighted by Crippen LogP contribution is 2.24. The number of fused-ring (bicyclic) bond motifs is 1. The molecular weight excluding hydrogens is 338 g/mol. The summed E-state index contributed by atoms with van der Waals surface area (Å²) < 4.78 is 1.05. The van der Waals surface area contributed by atoms with E-state index < -0.39 is 0 Å². The van der Waals surface area contributed by atoms with E-state index in [0.29, 0.717) is 10.9 Å². The summed E-state index contributed by atoms with van der Waals surface area (Å²) in [5.74, 6) is 0.385. The topological polar surface area (TPSA) is 53.8 Å². The Balaban J connectivity index is 1.84. The lowest BCUT2D eigenvalue weighted by atomic mass is 10.1. The van der Waals surface area contributed by atoms with Crippen molar-refractivity contribution in [3.8, 4) is 0 Å². The van der Waals surface area contributed by atoms with Crippen LogP contribution < -0.4 is 5.32 Å². The summed E-state index contributed by atoms with van der Waals surface area (Å²) >= 11 is 4.90. The molecule has 20 heavy (non-hydrogen) atoms. The highest BCUT2D eigenvalue weighted by Gasteiger charge is 2.15. The fraction of sp³-hybridized carbons (Fsp3) is 0.0714. The summed E-state index contributed by atoms with van der Waals surface area (Å²) in [4.78, 5) is 11.0. The van der Waals surface area contributed by atoms with Gasteiger partial charge in [-0.25, -0.2) is 0 Å². The van der Waals surface area contributed by atoms with E-state index in [2.05, 4.69) is 37.5 Å². The van der Waals surface area contributed by atoms with Gasteiger partial charge in [0.05, 0.1) is 12.0 Å². The number of amidine groups is 1. The first kappa shape index (κ1) is 13.3. The Morgan fingerprint density at radius 1 is 1.30 bits per heavy atom. The minimum atomic E-state index is -0.0291. The number of carbonyl (C=O) groups is 1. The molecule has 0 spiro atoms. The molecule has 0 atom stereocenters. The normalized spacial score (nSPS) is 17.2. The molecule has 3 rings (SSSR count). The van der Waals surface area contributed by atoms with Gasteiger partial charge in [0.2, 0.25) is 5.91 Å². The number of hydrogen-bond acceptors (Lipinski definition) is 4. The molecule has 6 heteroatoms. The number of hydrogen-bond donors (Lipinski definition) is 1. The third-order valence-electron chi connectivity index (χ3n) is 2.79. The molecule has 0 aromatic heterocycles. The van der Waals surface area contributed by atoms with Gasteiger partial charge in [-0.1, -0.05) is 52.0 Å². The highest BCUT2D eigenvalue weighted by molar-refractivity contribution is 9.10. The molecule has 4 nitrogen and oxygen atoms in total. The Hall–Kier alpha value is -1.66. The number of thioether (sulfide) groups is 1. The van der Waals surface area contributed by atoms with Gasteiger partial charge in [-0.3, -0.25) is 4.79 Å². The Kier molecular flexibility index (Phi) is 3.84. The van der Waals surface area contributed by atoms with Crippen molar-refractivity contribution in [3.63, 3.8) is 0 Å². The quantitative estimate of drug-likeness (QED) is 0.670. The summed E-state index contributed by atoms with van der Waals surface area (Å²) in [6.07, 6.45) is 1.68. The van der Waals surface area contributed by atoms with Crippen molar-refractivity contribution >= 4 is 55.8 Å². The van der Waals surface area contributed by atoms with Crippen LogP contribution in [0.1, 0.15) is 5.56 Å². The molecule has 2 aromatic rings. The number of nitrogens with one attached hydrogen (secondary N) is 1. The summed E-state index contributed by atoms with van der Waals surface area (Å²) in [5, 5.41) is 13.5. The van der Waals surface area contributed by atoms with Crippen molar-refractivity contribution in [1.82, 2.24) is 5.32 Å². The Morgan fingerprint density at radius 2 is 2.20 bits per heavy atom. The summed E-state index contributed by atoms with van der Waals surface area (Å²) in [6.45, 7) is 0. The SMILES string of the molecule is O=C1CSC(=NN=Cc2ccc3cccc(Br)c3c2)N1. The lowest BCUT2D eigenvalue weighted by Crippen LogP contribution is -2.19. The van der Waals surface area contributed by atoms with Crippen molar-refractivity contribution in [3.05, 3.63) is 46.4 Å². The zero-order valence-corrected chi connectivity index (χ0v) is 12.7. The van der Waals surface area contributed by atoms with Crippen LogP contribution in [0.5, 0.6) is 0 Å². The van der Waals surface area contributed by atoms with Gasteiger partial charge < -0.3 is 5.32 Å². The molecule has 1 amide bonds. The first-order chi connectivity index (χ1) is 9.72. The first-order valence-electron chi connectivity index (χ1n) is 5.94. The predicted molar refractivity (Wildman–Crippen MR) is 87.3 cm³/mol. The summed E-state index contributed by atoms with van der Waals surface area (Å²) in [5.41, 5.74) is 0.961. The minimum absolute atomic E-state index is 0.0291. The second-order valence-electron chi connectivity index (χ2n) is 4.21. The molecule has 0 bridgehead atoms. The molecule has 0 radical (unpaired) electrons. The van der Waals surface area contributed by atoms with Crippen molar-refractivity contribution in [2.24, 2.45) is 10.2 Å². The van der Waals surface area contributed by atoms with E-state index in [1.807, 2.05) is 30.3 Å². The fourth-order valence-electron chi connectivity index (χ4n) is 1.86. The number of amides is 1. The third kappa shape index (κ3) is 2.91. The van der Waals surface area contributed by atoms with Gasteiger partial charge in [0.1, 0.15) is 0 Å². The maximum atomic E-state index is 11.0. The van der Waals surface area contributed by atoms with Crippen molar-refractivity contribution < 1.29 is 4.79 Å². The van der Waals surface area contributed by atoms with Crippen LogP contribution in [-0.4, -0.2) is 23.0 Å². The molecule has 1 aliphatic heterocycles. The van der Waals surface area contributed by atoms with Crippen LogP contribution in [0.3, 0.4) is 0 Å². The monoisotopic (exact) mass is 347 g/mol. The van der Waals surface area contributed by atoms with E-state index in [1.165, 1.54) is 17.1 Å². The lowest BCUT2D eigenvalue weighted by Gasteiger charge is -2.01. The van der Waals surface area contributed by atoms with E-state index in [9.17, 15) is 4.79 Å². The van der Waals surface area contributed by atoms with E-state index in [0.717, 1.165) is 15.4 Å². The Morgan fingerprint density at radius 3 is 3.00 bits per heavy atom. The van der Waals surface area contributed by atoms with Crippen LogP contribution in [-0.2, 0) is 4.79 Å². The van der Waals surface area contributed by atoms with E-state index in [1.54, 1.807) is 6.21 Å². The van der Waals surface area contributed by atoms with Gasteiger partial charge >= 0.3 is 0 Å². The molecule has 100 valence electrons. The van der Waals surface area contributed by atoms with Crippen LogP contribution in [0.15, 0.2) is 51.1 Å². The second-order valence-corrected chi connectivity index (χ2v) is 6.03. The van der Waals surface area contributed by atoms with Crippen LogP contribution in [0.25, 0.3) is 10.8 Å².